The Bertz CT molecular complexity index is 877. The van der Waals surface area contributed by atoms with Gasteiger partial charge in [0.05, 0.1) is 4.90 Å². The van der Waals surface area contributed by atoms with Crippen LogP contribution in [0.4, 0.5) is 5.69 Å². The van der Waals surface area contributed by atoms with E-state index in [2.05, 4.69) is 10.0 Å². The van der Waals surface area contributed by atoms with E-state index in [1.807, 2.05) is 19.9 Å². The molecular formula is C19H24N2O3S. The van der Waals surface area contributed by atoms with Gasteiger partial charge in [0.25, 0.3) is 5.91 Å². The van der Waals surface area contributed by atoms with Gasteiger partial charge in [-0.2, -0.15) is 0 Å². The maximum Gasteiger partial charge on any atom is 0.255 e. The minimum atomic E-state index is -3.66. The molecule has 0 saturated carbocycles. The molecule has 2 rings (SSSR count). The molecule has 0 radical (unpaired) electrons. The van der Waals surface area contributed by atoms with Gasteiger partial charge in [0, 0.05) is 16.8 Å². The zero-order valence-electron chi connectivity index (χ0n) is 15.2. The fourth-order valence-electron chi connectivity index (χ4n) is 2.51. The summed E-state index contributed by atoms with van der Waals surface area (Å²) in [5, 5.41) is 2.76. The van der Waals surface area contributed by atoms with Crippen LogP contribution in [0.3, 0.4) is 0 Å². The summed E-state index contributed by atoms with van der Waals surface area (Å²) in [5.74, 6) is -0.273. The van der Waals surface area contributed by atoms with Crippen molar-refractivity contribution in [1.29, 1.82) is 0 Å². The molecule has 0 aliphatic rings. The molecule has 2 aromatic rings. The molecule has 0 aliphatic heterocycles. The van der Waals surface area contributed by atoms with Crippen LogP contribution in [0.15, 0.2) is 47.4 Å². The average molecular weight is 360 g/mol. The van der Waals surface area contributed by atoms with Crippen LogP contribution in [-0.2, 0) is 10.0 Å². The molecule has 0 heterocycles. The van der Waals surface area contributed by atoms with Crippen LogP contribution < -0.4 is 10.0 Å². The molecule has 2 N–H and O–H groups in total. The maximum atomic E-state index is 12.4. The number of carbonyl (C=O) groups excluding carboxylic acids is 1. The van der Waals surface area contributed by atoms with Gasteiger partial charge in [-0.3, -0.25) is 4.79 Å². The van der Waals surface area contributed by atoms with Crippen LogP contribution >= 0.6 is 0 Å². The lowest BCUT2D eigenvalue weighted by molar-refractivity contribution is 0.102. The molecule has 0 fully saturated rings. The van der Waals surface area contributed by atoms with Crippen molar-refractivity contribution < 1.29 is 13.2 Å². The largest absolute Gasteiger partial charge is 0.322 e. The molecule has 25 heavy (non-hydrogen) atoms. The van der Waals surface area contributed by atoms with Gasteiger partial charge in [-0.15, -0.1) is 0 Å². The number of aryl methyl sites for hydroxylation is 2. The summed E-state index contributed by atoms with van der Waals surface area (Å²) in [5.41, 5.74) is 2.38. The summed E-state index contributed by atoms with van der Waals surface area (Å²) in [6, 6.07) is 11.8. The highest BCUT2D eigenvalue weighted by atomic mass is 32.2. The van der Waals surface area contributed by atoms with E-state index in [0.717, 1.165) is 11.1 Å². The first-order chi connectivity index (χ1) is 11.5. The third-order valence-corrected chi connectivity index (χ3v) is 5.08. The Labute approximate surface area is 149 Å². The number of amides is 1. The summed E-state index contributed by atoms with van der Waals surface area (Å²) >= 11 is 0. The number of hydrogen-bond acceptors (Lipinski definition) is 3. The lowest BCUT2D eigenvalue weighted by Gasteiger charge is -2.20. The van der Waals surface area contributed by atoms with Crippen molar-refractivity contribution in [3.63, 3.8) is 0 Å². The SMILES string of the molecule is Cc1cc(C)cc(C(=O)Nc2cccc(S(=O)(=O)NC(C)(C)C)c2)c1. The van der Waals surface area contributed by atoms with Crippen molar-refractivity contribution in [2.45, 2.75) is 45.1 Å². The molecule has 1 amide bonds. The third kappa shape index (κ3) is 5.41. The molecule has 0 aliphatic carbocycles. The monoisotopic (exact) mass is 360 g/mol. The van der Waals surface area contributed by atoms with E-state index in [4.69, 9.17) is 0 Å². The Morgan fingerprint density at radius 1 is 0.960 bits per heavy atom. The summed E-state index contributed by atoms with van der Waals surface area (Å²) in [6.45, 7) is 9.17. The Morgan fingerprint density at radius 2 is 1.56 bits per heavy atom. The number of rotatable bonds is 4. The van der Waals surface area contributed by atoms with Crippen LogP contribution in [0, 0.1) is 13.8 Å². The predicted octanol–water partition coefficient (Wildman–Crippen LogP) is 3.63. The van der Waals surface area contributed by atoms with Gasteiger partial charge in [0.1, 0.15) is 0 Å². The quantitative estimate of drug-likeness (QED) is 0.874. The van der Waals surface area contributed by atoms with Gasteiger partial charge in [-0.1, -0.05) is 23.3 Å². The average Bonchev–Trinajstić information content (AvgIpc) is 2.44. The van der Waals surface area contributed by atoms with Crippen LogP contribution in [0.1, 0.15) is 42.3 Å². The standard InChI is InChI=1S/C19H24N2O3S/c1-13-9-14(2)11-15(10-13)18(22)20-16-7-6-8-17(12-16)25(23,24)21-19(3,4)5/h6-12,21H,1-5H3,(H,20,22). The second-order valence-electron chi connectivity index (χ2n) is 7.21. The van der Waals surface area contributed by atoms with Crippen LogP contribution in [0.2, 0.25) is 0 Å². The second kappa shape index (κ2) is 6.98. The molecule has 0 bridgehead atoms. The first-order valence-electron chi connectivity index (χ1n) is 8.00. The number of sulfonamides is 1. The molecule has 6 heteroatoms. The van der Waals surface area contributed by atoms with Gasteiger partial charge in [0.2, 0.25) is 10.0 Å². The summed E-state index contributed by atoms with van der Waals surface area (Å²) < 4.78 is 27.4. The van der Waals surface area contributed by atoms with E-state index in [-0.39, 0.29) is 10.8 Å². The molecule has 0 unspecified atom stereocenters. The third-order valence-electron chi connectivity index (χ3n) is 3.33. The van der Waals surface area contributed by atoms with Crippen molar-refractivity contribution in [3.05, 3.63) is 59.2 Å². The highest BCUT2D eigenvalue weighted by Gasteiger charge is 2.22. The van der Waals surface area contributed by atoms with Crippen molar-refractivity contribution in [1.82, 2.24) is 4.72 Å². The Kier molecular flexibility index (Phi) is 5.34. The molecule has 2 aromatic carbocycles. The van der Waals surface area contributed by atoms with Gasteiger partial charge in [0.15, 0.2) is 0 Å². The number of nitrogens with one attached hydrogen (secondary N) is 2. The lowest BCUT2D eigenvalue weighted by atomic mass is 10.1. The molecule has 0 aromatic heterocycles. The zero-order chi connectivity index (χ0) is 18.8. The molecular weight excluding hydrogens is 336 g/mol. The number of anilines is 1. The Hall–Kier alpha value is -2.18. The molecule has 0 atom stereocenters. The highest BCUT2D eigenvalue weighted by Crippen LogP contribution is 2.19. The first kappa shape index (κ1) is 19.1. The summed E-state index contributed by atoms with van der Waals surface area (Å²) in [7, 11) is -3.66. The lowest BCUT2D eigenvalue weighted by Crippen LogP contribution is -2.40. The fourth-order valence-corrected chi connectivity index (χ4v) is 3.98. The van der Waals surface area contributed by atoms with Crippen LogP contribution in [-0.4, -0.2) is 19.9 Å². The highest BCUT2D eigenvalue weighted by molar-refractivity contribution is 7.89. The van der Waals surface area contributed by atoms with E-state index in [0.29, 0.717) is 11.3 Å². The first-order valence-corrected chi connectivity index (χ1v) is 9.48. The zero-order valence-corrected chi connectivity index (χ0v) is 16.0. The summed E-state index contributed by atoms with van der Waals surface area (Å²) in [4.78, 5) is 12.5. The molecule has 0 spiro atoms. The second-order valence-corrected chi connectivity index (χ2v) is 8.90. The van der Waals surface area contributed by atoms with Crippen LogP contribution in [0.5, 0.6) is 0 Å². The number of carbonyl (C=O) groups is 1. The van der Waals surface area contributed by atoms with E-state index < -0.39 is 15.6 Å². The van der Waals surface area contributed by atoms with Gasteiger partial charge < -0.3 is 5.32 Å². The maximum absolute atomic E-state index is 12.4. The van der Waals surface area contributed by atoms with Crippen molar-refractivity contribution in [2.24, 2.45) is 0 Å². The minimum absolute atomic E-state index is 0.112. The van der Waals surface area contributed by atoms with E-state index >= 15 is 0 Å². The van der Waals surface area contributed by atoms with Gasteiger partial charge >= 0.3 is 0 Å². The molecule has 134 valence electrons. The number of hydrogen-bond donors (Lipinski definition) is 2. The normalized spacial score (nSPS) is 12.0. The van der Waals surface area contributed by atoms with E-state index in [1.165, 1.54) is 12.1 Å². The number of benzene rings is 2. The van der Waals surface area contributed by atoms with Gasteiger partial charge in [-0.25, -0.2) is 13.1 Å². The van der Waals surface area contributed by atoms with Gasteiger partial charge in [-0.05, 0) is 65.0 Å². The van der Waals surface area contributed by atoms with Crippen molar-refractivity contribution >= 4 is 21.6 Å². The van der Waals surface area contributed by atoms with Crippen molar-refractivity contribution in [3.8, 4) is 0 Å². The fraction of sp³-hybridized carbons (Fsp3) is 0.316. The van der Waals surface area contributed by atoms with E-state index in [1.54, 1.807) is 45.0 Å². The molecule has 0 saturated heterocycles. The molecule has 5 nitrogen and oxygen atoms in total. The summed E-state index contributed by atoms with van der Waals surface area (Å²) in [6.07, 6.45) is 0. The van der Waals surface area contributed by atoms with Crippen molar-refractivity contribution in [2.75, 3.05) is 5.32 Å². The van der Waals surface area contributed by atoms with Crippen LogP contribution in [0.25, 0.3) is 0 Å². The Balaban J connectivity index is 2.26. The minimum Gasteiger partial charge on any atom is -0.322 e. The smallest absolute Gasteiger partial charge is 0.255 e. The van der Waals surface area contributed by atoms with E-state index in [9.17, 15) is 13.2 Å². The topological polar surface area (TPSA) is 75.3 Å². The predicted molar refractivity (Wildman–Crippen MR) is 100 cm³/mol. The Morgan fingerprint density at radius 3 is 2.12 bits per heavy atom.